The summed E-state index contributed by atoms with van der Waals surface area (Å²) in [6, 6.07) is 5.70. The van der Waals surface area contributed by atoms with E-state index in [1.807, 2.05) is 20.0 Å². The van der Waals surface area contributed by atoms with Crippen LogP contribution in [0.5, 0.6) is 0 Å². The van der Waals surface area contributed by atoms with Crippen LogP contribution in [0.15, 0.2) is 27.4 Å². The zero-order valence-corrected chi connectivity index (χ0v) is 13.5. The summed E-state index contributed by atoms with van der Waals surface area (Å²) >= 11 is 0. The third kappa shape index (κ3) is 2.94. The van der Waals surface area contributed by atoms with Crippen LogP contribution in [0.25, 0.3) is 11.0 Å². The molecular formula is C18H23NO3. The van der Waals surface area contributed by atoms with Gasteiger partial charge in [-0.15, -0.1) is 0 Å². The van der Waals surface area contributed by atoms with Crippen LogP contribution >= 0.6 is 0 Å². The maximum atomic E-state index is 11.9. The van der Waals surface area contributed by atoms with Gasteiger partial charge in [0.1, 0.15) is 5.58 Å². The zero-order chi connectivity index (χ0) is 15.9. The Labute approximate surface area is 130 Å². The first kappa shape index (κ1) is 15.3. The van der Waals surface area contributed by atoms with Crippen LogP contribution in [-0.4, -0.2) is 30.2 Å². The highest BCUT2D eigenvalue weighted by Crippen LogP contribution is 2.45. The van der Waals surface area contributed by atoms with Gasteiger partial charge in [-0.3, -0.25) is 0 Å². The average molecular weight is 301 g/mol. The number of benzene rings is 1. The average Bonchev–Trinajstić information content (AvgIpc) is 3.20. The van der Waals surface area contributed by atoms with Crippen LogP contribution in [0.2, 0.25) is 0 Å². The number of hydrogen-bond donors (Lipinski definition) is 1. The molecule has 0 amide bonds. The van der Waals surface area contributed by atoms with Gasteiger partial charge in [0.25, 0.3) is 0 Å². The van der Waals surface area contributed by atoms with Crippen molar-refractivity contribution in [3.05, 3.63) is 45.3 Å². The minimum atomic E-state index is -0.300. The number of aliphatic hydroxyl groups is 1. The van der Waals surface area contributed by atoms with Crippen molar-refractivity contribution >= 4 is 11.0 Å². The first-order valence-corrected chi connectivity index (χ1v) is 7.76. The molecule has 4 heteroatoms. The van der Waals surface area contributed by atoms with E-state index < -0.39 is 0 Å². The van der Waals surface area contributed by atoms with Gasteiger partial charge in [0, 0.05) is 36.6 Å². The van der Waals surface area contributed by atoms with Gasteiger partial charge in [-0.05, 0) is 56.5 Å². The van der Waals surface area contributed by atoms with Gasteiger partial charge in [-0.1, -0.05) is 6.07 Å². The maximum absolute atomic E-state index is 11.9. The van der Waals surface area contributed by atoms with Crippen LogP contribution < -0.4 is 5.63 Å². The first-order chi connectivity index (χ1) is 10.4. The van der Waals surface area contributed by atoms with Gasteiger partial charge in [-0.25, -0.2) is 4.79 Å². The summed E-state index contributed by atoms with van der Waals surface area (Å²) in [6.45, 7) is 5.81. The van der Waals surface area contributed by atoms with Crippen molar-refractivity contribution in [2.75, 3.05) is 20.2 Å². The quantitative estimate of drug-likeness (QED) is 0.863. The van der Waals surface area contributed by atoms with Crippen LogP contribution in [0, 0.1) is 19.3 Å². The molecule has 4 nitrogen and oxygen atoms in total. The first-order valence-electron chi connectivity index (χ1n) is 7.76. The standard InChI is InChI=1S/C18H23NO3/c1-12-6-13(2)17-15(7-12)14(8-16(21)22-17)9-19(3)10-18(11-20)4-5-18/h6-8,20H,4-5,9-11H2,1-3H3. The van der Waals surface area contributed by atoms with E-state index >= 15 is 0 Å². The number of rotatable bonds is 5. The molecule has 1 aromatic heterocycles. The molecule has 0 spiro atoms. The van der Waals surface area contributed by atoms with Crippen molar-refractivity contribution in [3.8, 4) is 0 Å². The Hall–Kier alpha value is -1.65. The van der Waals surface area contributed by atoms with Gasteiger partial charge >= 0.3 is 5.63 Å². The summed E-state index contributed by atoms with van der Waals surface area (Å²) < 4.78 is 5.39. The molecule has 1 heterocycles. The van der Waals surface area contributed by atoms with Crippen LogP contribution in [-0.2, 0) is 6.54 Å². The smallest absolute Gasteiger partial charge is 0.336 e. The predicted molar refractivity (Wildman–Crippen MR) is 87.0 cm³/mol. The molecule has 22 heavy (non-hydrogen) atoms. The van der Waals surface area contributed by atoms with E-state index in [0.717, 1.165) is 41.5 Å². The predicted octanol–water partition coefficient (Wildman–Crippen LogP) is 2.61. The lowest BCUT2D eigenvalue weighted by Gasteiger charge is -2.22. The number of fused-ring (bicyclic) bond motifs is 1. The molecular weight excluding hydrogens is 278 g/mol. The summed E-state index contributed by atoms with van der Waals surface area (Å²) in [6.07, 6.45) is 2.17. The molecule has 1 N–H and O–H groups in total. The molecule has 1 aromatic carbocycles. The second kappa shape index (κ2) is 5.52. The SMILES string of the molecule is Cc1cc(C)c2oc(=O)cc(CN(C)CC3(CO)CC3)c2c1. The Morgan fingerprint density at radius 1 is 1.27 bits per heavy atom. The van der Waals surface area contributed by atoms with Crippen molar-refractivity contribution in [2.45, 2.75) is 33.2 Å². The Morgan fingerprint density at radius 2 is 2.00 bits per heavy atom. The summed E-state index contributed by atoms with van der Waals surface area (Å²) in [5.74, 6) is 0. The topological polar surface area (TPSA) is 53.7 Å². The van der Waals surface area contributed by atoms with Gasteiger partial charge in [0.15, 0.2) is 0 Å². The minimum Gasteiger partial charge on any atom is -0.422 e. The Kier molecular flexibility index (Phi) is 3.83. The van der Waals surface area contributed by atoms with Crippen molar-refractivity contribution < 1.29 is 9.52 Å². The molecule has 0 atom stereocenters. The van der Waals surface area contributed by atoms with E-state index in [9.17, 15) is 9.90 Å². The van der Waals surface area contributed by atoms with Crippen molar-refractivity contribution in [2.24, 2.45) is 5.41 Å². The second-order valence-corrected chi connectivity index (χ2v) is 6.88. The third-order valence-electron chi connectivity index (χ3n) is 4.60. The van der Waals surface area contributed by atoms with E-state index in [1.54, 1.807) is 6.07 Å². The van der Waals surface area contributed by atoms with Gasteiger partial charge in [-0.2, -0.15) is 0 Å². The molecule has 0 radical (unpaired) electrons. The molecule has 1 aliphatic rings. The lowest BCUT2D eigenvalue weighted by Crippen LogP contribution is -2.28. The lowest BCUT2D eigenvalue weighted by atomic mass is 10.0. The molecule has 1 aliphatic carbocycles. The van der Waals surface area contributed by atoms with Crippen LogP contribution in [0.4, 0.5) is 0 Å². The fraction of sp³-hybridized carbons (Fsp3) is 0.500. The van der Waals surface area contributed by atoms with E-state index in [2.05, 4.69) is 17.9 Å². The number of aliphatic hydroxyl groups excluding tert-OH is 1. The zero-order valence-electron chi connectivity index (χ0n) is 13.5. The maximum Gasteiger partial charge on any atom is 0.336 e. The molecule has 0 saturated heterocycles. The number of nitrogens with zero attached hydrogens (tertiary/aromatic N) is 1. The van der Waals surface area contributed by atoms with E-state index in [1.165, 1.54) is 0 Å². The number of hydrogen-bond acceptors (Lipinski definition) is 4. The van der Waals surface area contributed by atoms with Crippen molar-refractivity contribution in [3.63, 3.8) is 0 Å². The summed E-state index contributed by atoms with van der Waals surface area (Å²) in [5, 5.41) is 10.5. The molecule has 1 saturated carbocycles. The van der Waals surface area contributed by atoms with E-state index in [-0.39, 0.29) is 17.6 Å². The van der Waals surface area contributed by atoms with Crippen LogP contribution in [0.3, 0.4) is 0 Å². The van der Waals surface area contributed by atoms with Gasteiger partial charge in [0.2, 0.25) is 0 Å². The lowest BCUT2D eigenvalue weighted by molar-refractivity contribution is 0.161. The second-order valence-electron chi connectivity index (χ2n) is 6.88. The molecule has 0 unspecified atom stereocenters. The van der Waals surface area contributed by atoms with Crippen molar-refractivity contribution in [1.82, 2.24) is 4.90 Å². The Morgan fingerprint density at radius 3 is 2.64 bits per heavy atom. The van der Waals surface area contributed by atoms with E-state index in [0.29, 0.717) is 12.1 Å². The molecule has 2 aromatic rings. The Bertz CT molecular complexity index is 759. The monoisotopic (exact) mass is 301 g/mol. The highest BCUT2D eigenvalue weighted by Gasteiger charge is 2.42. The minimum absolute atomic E-state index is 0.0792. The molecule has 1 fully saturated rings. The molecule has 0 bridgehead atoms. The van der Waals surface area contributed by atoms with Gasteiger partial charge < -0.3 is 14.4 Å². The summed E-state index contributed by atoms with van der Waals surface area (Å²) in [5.41, 5.74) is 3.61. The fourth-order valence-electron chi connectivity index (χ4n) is 3.27. The molecule has 0 aliphatic heterocycles. The highest BCUT2D eigenvalue weighted by molar-refractivity contribution is 5.83. The highest BCUT2D eigenvalue weighted by atomic mass is 16.4. The van der Waals surface area contributed by atoms with Gasteiger partial charge in [0.05, 0.1) is 0 Å². The molecule has 3 rings (SSSR count). The summed E-state index contributed by atoms with van der Waals surface area (Å²) in [7, 11) is 2.04. The normalized spacial score (nSPS) is 16.4. The Balaban J connectivity index is 1.94. The van der Waals surface area contributed by atoms with E-state index in [4.69, 9.17) is 4.42 Å². The largest absolute Gasteiger partial charge is 0.422 e. The summed E-state index contributed by atoms with van der Waals surface area (Å²) in [4.78, 5) is 14.0. The van der Waals surface area contributed by atoms with Crippen molar-refractivity contribution in [1.29, 1.82) is 0 Å². The third-order valence-corrected chi connectivity index (χ3v) is 4.60. The molecule has 118 valence electrons. The fourth-order valence-corrected chi connectivity index (χ4v) is 3.27. The van der Waals surface area contributed by atoms with Crippen LogP contribution in [0.1, 0.15) is 29.5 Å². The number of aryl methyl sites for hydroxylation is 2.